The molecule has 3 rings (SSSR count). The van der Waals surface area contributed by atoms with Gasteiger partial charge in [-0.1, -0.05) is 57.9 Å². The maximum absolute atomic E-state index is 12.2. The van der Waals surface area contributed by atoms with Gasteiger partial charge in [0.2, 0.25) is 5.91 Å². The number of carbonyl (C=O) groups is 2. The van der Waals surface area contributed by atoms with Crippen LogP contribution in [0.1, 0.15) is 15.9 Å². The molecule has 1 aromatic heterocycles. The smallest absolute Gasteiger partial charge is 0.339 e. The first-order valence-corrected chi connectivity index (χ1v) is 9.85. The molecule has 0 bridgehead atoms. The van der Waals surface area contributed by atoms with Gasteiger partial charge in [-0.2, -0.15) is 0 Å². The molecule has 4 nitrogen and oxygen atoms in total. The summed E-state index contributed by atoms with van der Waals surface area (Å²) in [6.45, 7) is 0. The van der Waals surface area contributed by atoms with Crippen molar-refractivity contribution in [1.29, 1.82) is 0 Å². The number of carbonyl (C=O) groups excluding carboxylic acids is 1. The summed E-state index contributed by atoms with van der Waals surface area (Å²) in [5, 5.41) is 14.8. The highest BCUT2D eigenvalue weighted by Gasteiger charge is 2.20. The summed E-state index contributed by atoms with van der Waals surface area (Å²) in [7, 11) is 0. The normalized spacial score (nSPS) is 10.9. The van der Waals surface area contributed by atoms with Crippen molar-refractivity contribution < 1.29 is 14.7 Å². The second kappa shape index (κ2) is 8.52. The van der Waals surface area contributed by atoms with Gasteiger partial charge in [-0.15, -0.1) is 11.3 Å². The number of nitrogens with one attached hydrogen (secondary N) is 1. The van der Waals surface area contributed by atoms with Crippen LogP contribution in [0.3, 0.4) is 0 Å². The predicted octanol–water partition coefficient (Wildman–Crippen LogP) is 6.18. The maximum atomic E-state index is 12.2. The van der Waals surface area contributed by atoms with Crippen molar-refractivity contribution in [3.63, 3.8) is 0 Å². The number of rotatable bonds is 5. The van der Waals surface area contributed by atoms with Gasteiger partial charge >= 0.3 is 5.97 Å². The molecule has 27 heavy (non-hydrogen) atoms. The molecule has 0 radical (unpaired) electrons. The Bertz CT molecular complexity index is 1030. The Balaban J connectivity index is 1.85. The van der Waals surface area contributed by atoms with Crippen LogP contribution in [0, 0.1) is 0 Å². The number of anilines is 1. The molecule has 136 valence electrons. The van der Waals surface area contributed by atoms with Gasteiger partial charge in [-0.05, 0) is 35.4 Å². The summed E-state index contributed by atoms with van der Waals surface area (Å²) in [6.07, 6.45) is 2.91. The van der Waals surface area contributed by atoms with Gasteiger partial charge in [0, 0.05) is 26.5 Å². The third-order valence-corrected chi connectivity index (χ3v) is 5.48. The van der Waals surface area contributed by atoms with E-state index in [9.17, 15) is 14.7 Å². The van der Waals surface area contributed by atoms with E-state index in [4.69, 9.17) is 11.6 Å². The van der Waals surface area contributed by atoms with E-state index in [-0.39, 0.29) is 10.6 Å². The molecule has 2 N–H and O–H groups in total. The summed E-state index contributed by atoms with van der Waals surface area (Å²) in [4.78, 5) is 24.0. The van der Waals surface area contributed by atoms with Crippen LogP contribution in [0.4, 0.5) is 5.00 Å². The third-order valence-electron chi connectivity index (χ3n) is 3.72. The number of hydrogen-bond acceptors (Lipinski definition) is 3. The molecule has 0 unspecified atom stereocenters. The summed E-state index contributed by atoms with van der Waals surface area (Å²) in [5.41, 5.74) is 2.10. The highest BCUT2D eigenvalue weighted by molar-refractivity contribution is 9.10. The number of benzene rings is 2. The molecule has 0 atom stereocenters. The molecule has 2 aromatic carbocycles. The van der Waals surface area contributed by atoms with Crippen LogP contribution in [0.25, 0.3) is 17.2 Å². The van der Waals surface area contributed by atoms with Crippen molar-refractivity contribution in [2.24, 2.45) is 0 Å². The van der Waals surface area contributed by atoms with E-state index in [1.807, 2.05) is 30.3 Å². The van der Waals surface area contributed by atoms with E-state index < -0.39 is 11.9 Å². The van der Waals surface area contributed by atoms with E-state index >= 15 is 0 Å². The first-order valence-electron chi connectivity index (χ1n) is 7.80. The standard InChI is InChI=1S/C20H13BrClNO3S/c21-14-8-5-12(6-9-14)15-11-27-19(18(15)20(25)26)23-17(24)10-7-13-3-1-2-4-16(13)22/h1-11H,(H,23,24)(H,25,26)/b10-7+. The van der Waals surface area contributed by atoms with Gasteiger partial charge < -0.3 is 10.4 Å². The van der Waals surface area contributed by atoms with Crippen molar-refractivity contribution in [3.05, 3.63) is 80.6 Å². The molecule has 0 saturated heterocycles. The minimum atomic E-state index is -1.10. The summed E-state index contributed by atoms with van der Waals surface area (Å²) < 4.78 is 0.900. The minimum absolute atomic E-state index is 0.0711. The van der Waals surface area contributed by atoms with Crippen molar-refractivity contribution in [1.82, 2.24) is 0 Å². The van der Waals surface area contributed by atoms with Gasteiger partial charge in [0.05, 0.1) is 0 Å². The number of amides is 1. The van der Waals surface area contributed by atoms with Gasteiger partial charge in [-0.3, -0.25) is 4.79 Å². The van der Waals surface area contributed by atoms with Crippen molar-refractivity contribution in [3.8, 4) is 11.1 Å². The Hall–Kier alpha value is -2.41. The molecule has 7 heteroatoms. The monoisotopic (exact) mass is 461 g/mol. The van der Waals surface area contributed by atoms with Crippen LogP contribution in [0.15, 0.2) is 64.5 Å². The first kappa shape index (κ1) is 19.4. The quantitative estimate of drug-likeness (QED) is 0.445. The lowest BCUT2D eigenvalue weighted by atomic mass is 10.0. The molecule has 0 aliphatic carbocycles. The number of aromatic carboxylic acids is 1. The zero-order valence-electron chi connectivity index (χ0n) is 13.8. The third kappa shape index (κ3) is 4.66. The van der Waals surface area contributed by atoms with E-state index in [1.165, 1.54) is 17.4 Å². The fraction of sp³-hybridized carbons (Fsp3) is 0. The lowest BCUT2D eigenvalue weighted by Gasteiger charge is -2.05. The second-order valence-electron chi connectivity index (χ2n) is 5.51. The molecule has 0 fully saturated rings. The van der Waals surface area contributed by atoms with Crippen LogP contribution < -0.4 is 5.32 Å². The largest absolute Gasteiger partial charge is 0.478 e. The zero-order chi connectivity index (χ0) is 19.4. The van der Waals surface area contributed by atoms with E-state index in [2.05, 4.69) is 21.2 Å². The lowest BCUT2D eigenvalue weighted by molar-refractivity contribution is -0.111. The molecule has 1 heterocycles. The first-order chi connectivity index (χ1) is 13.0. The molecular formula is C20H13BrClNO3S. The Morgan fingerprint density at radius 3 is 2.48 bits per heavy atom. The molecule has 0 aliphatic rings. The molecule has 0 aliphatic heterocycles. The SMILES string of the molecule is O=C(/C=C/c1ccccc1Cl)Nc1scc(-c2ccc(Br)cc2)c1C(=O)O. The van der Waals surface area contributed by atoms with Crippen LogP contribution >= 0.6 is 38.9 Å². The van der Waals surface area contributed by atoms with Crippen LogP contribution in [0.2, 0.25) is 5.02 Å². The van der Waals surface area contributed by atoms with Crippen LogP contribution in [-0.2, 0) is 4.79 Å². The van der Waals surface area contributed by atoms with Gasteiger partial charge in [-0.25, -0.2) is 4.79 Å². The number of carboxylic acids is 1. The lowest BCUT2D eigenvalue weighted by Crippen LogP contribution is -2.10. The fourth-order valence-corrected chi connectivity index (χ4v) is 3.86. The Kier molecular flexibility index (Phi) is 6.11. The highest BCUT2D eigenvalue weighted by Crippen LogP contribution is 2.36. The fourth-order valence-electron chi connectivity index (χ4n) is 2.43. The van der Waals surface area contributed by atoms with E-state index in [1.54, 1.807) is 29.7 Å². The van der Waals surface area contributed by atoms with Crippen LogP contribution in [0.5, 0.6) is 0 Å². The van der Waals surface area contributed by atoms with Gasteiger partial charge in [0.25, 0.3) is 0 Å². The average molecular weight is 463 g/mol. The second-order valence-corrected chi connectivity index (χ2v) is 7.71. The Morgan fingerprint density at radius 2 is 1.81 bits per heavy atom. The molecule has 3 aromatic rings. The highest BCUT2D eigenvalue weighted by atomic mass is 79.9. The summed E-state index contributed by atoms with van der Waals surface area (Å²) >= 11 is 10.6. The summed E-state index contributed by atoms with van der Waals surface area (Å²) in [5.74, 6) is -1.53. The van der Waals surface area contributed by atoms with Crippen LogP contribution in [-0.4, -0.2) is 17.0 Å². The Labute approximate surface area is 173 Å². The minimum Gasteiger partial charge on any atom is -0.478 e. The molecular weight excluding hydrogens is 450 g/mol. The molecule has 1 amide bonds. The zero-order valence-corrected chi connectivity index (χ0v) is 16.9. The topological polar surface area (TPSA) is 66.4 Å². The predicted molar refractivity (Wildman–Crippen MR) is 114 cm³/mol. The maximum Gasteiger partial charge on any atom is 0.339 e. The van der Waals surface area contributed by atoms with Gasteiger partial charge in [0.15, 0.2) is 0 Å². The van der Waals surface area contributed by atoms with Gasteiger partial charge in [0.1, 0.15) is 10.6 Å². The van der Waals surface area contributed by atoms with Crippen molar-refractivity contribution in [2.75, 3.05) is 5.32 Å². The molecule has 0 spiro atoms. The average Bonchev–Trinajstić information content (AvgIpc) is 3.05. The number of thiophene rings is 1. The number of halogens is 2. The van der Waals surface area contributed by atoms with Crippen molar-refractivity contribution in [2.45, 2.75) is 0 Å². The number of carboxylic acid groups (broad SMARTS) is 1. The van der Waals surface area contributed by atoms with E-state index in [0.717, 1.165) is 10.0 Å². The number of hydrogen-bond donors (Lipinski definition) is 2. The Morgan fingerprint density at radius 1 is 1.11 bits per heavy atom. The summed E-state index contributed by atoms with van der Waals surface area (Å²) in [6, 6.07) is 14.4. The van der Waals surface area contributed by atoms with E-state index in [0.29, 0.717) is 16.1 Å². The molecule has 0 saturated carbocycles. The van der Waals surface area contributed by atoms with Crippen molar-refractivity contribution >= 4 is 61.8 Å².